The number of hydrogen-bond acceptors (Lipinski definition) is 3. The van der Waals surface area contributed by atoms with Gasteiger partial charge in [0.2, 0.25) is 9.05 Å². The molecule has 0 bridgehead atoms. The third-order valence-electron chi connectivity index (χ3n) is 2.58. The zero-order valence-corrected chi connectivity index (χ0v) is 9.24. The van der Waals surface area contributed by atoms with E-state index in [1.54, 1.807) is 6.92 Å². The molecule has 0 spiro atoms. The minimum atomic E-state index is -3.40. The van der Waals surface area contributed by atoms with Crippen molar-refractivity contribution in [3.05, 3.63) is 0 Å². The van der Waals surface area contributed by atoms with Crippen molar-refractivity contribution in [1.82, 2.24) is 0 Å². The van der Waals surface area contributed by atoms with Gasteiger partial charge in [0.15, 0.2) is 0 Å². The lowest BCUT2D eigenvalue weighted by Gasteiger charge is -2.11. The van der Waals surface area contributed by atoms with Gasteiger partial charge in [-0.1, -0.05) is 0 Å². The Morgan fingerprint density at radius 1 is 1.54 bits per heavy atom. The summed E-state index contributed by atoms with van der Waals surface area (Å²) in [6, 6.07) is 0. The first-order chi connectivity index (χ1) is 5.87. The van der Waals surface area contributed by atoms with Crippen LogP contribution in [0.3, 0.4) is 0 Å². The summed E-state index contributed by atoms with van der Waals surface area (Å²) in [4.78, 5) is 0. The average Bonchev–Trinajstić information content (AvgIpc) is 2.65. The molecule has 1 aliphatic carbocycles. The monoisotopic (exact) mass is 226 g/mol. The number of hydrogen-bond donors (Lipinski definition) is 1. The molecule has 1 rings (SSSR count). The van der Waals surface area contributed by atoms with E-state index < -0.39 is 13.8 Å². The minimum absolute atomic E-state index is 0.353. The summed E-state index contributed by atoms with van der Waals surface area (Å²) in [6.07, 6.45) is 2.97. The zero-order valence-electron chi connectivity index (χ0n) is 7.66. The molecular formula is C8H15ClO3S. The van der Waals surface area contributed by atoms with Crippen LogP contribution in [0.15, 0.2) is 0 Å². The first kappa shape index (κ1) is 11.3. The lowest BCUT2D eigenvalue weighted by Crippen LogP contribution is -2.18. The summed E-state index contributed by atoms with van der Waals surface area (Å²) in [5.74, 6) is 0. The van der Waals surface area contributed by atoms with Gasteiger partial charge in [0, 0.05) is 10.7 Å². The van der Waals surface area contributed by atoms with E-state index in [2.05, 4.69) is 0 Å². The highest BCUT2D eigenvalue weighted by atomic mass is 35.7. The molecule has 13 heavy (non-hydrogen) atoms. The number of aliphatic hydroxyl groups excluding tert-OH is 1. The van der Waals surface area contributed by atoms with Crippen LogP contribution in [0.2, 0.25) is 0 Å². The van der Waals surface area contributed by atoms with E-state index in [0.29, 0.717) is 25.7 Å². The largest absolute Gasteiger partial charge is 0.393 e. The van der Waals surface area contributed by atoms with Crippen molar-refractivity contribution in [2.75, 3.05) is 0 Å². The van der Waals surface area contributed by atoms with Crippen LogP contribution >= 0.6 is 10.7 Å². The fraction of sp³-hybridized carbons (Fsp3) is 1.00. The molecule has 0 amide bonds. The van der Waals surface area contributed by atoms with Crippen molar-refractivity contribution in [3.63, 3.8) is 0 Å². The summed E-state index contributed by atoms with van der Waals surface area (Å²) in [5, 5.41) is 8.99. The average molecular weight is 227 g/mol. The van der Waals surface area contributed by atoms with Gasteiger partial charge in [-0.05, 0) is 39.0 Å². The second-order valence-electron chi connectivity index (χ2n) is 3.86. The van der Waals surface area contributed by atoms with E-state index in [9.17, 15) is 8.42 Å². The summed E-state index contributed by atoms with van der Waals surface area (Å²) in [5.41, 5.74) is 0. The molecule has 5 heteroatoms. The van der Waals surface area contributed by atoms with Crippen LogP contribution in [-0.4, -0.2) is 24.4 Å². The fourth-order valence-electron chi connectivity index (χ4n) is 1.47. The van der Waals surface area contributed by atoms with Gasteiger partial charge in [-0.2, -0.15) is 0 Å². The third-order valence-corrected chi connectivity index (χ3v) is 5.21. The Morgan fingerprint density at radius 2 is 2.08 bits per heavy atom. The molecule has 1 saturated carbocycles. The highest BCUT2D eigenvalue weighted by Crippen LogP contribution is 2.49. The molecule has 78 valence electrons. The predicted molar refractivity (Wildman–Crippen MR) is 52.3 cm³/mol. The van der Waals surface area contributed by atoms with E-state index in [-0.39, 0.29) is 6.10 Å². The standard InChI is InChI=1S/C8H15ClO3S/c1-7(10)3-2-4-8(5-6-8)13(9,11)12/h7,10H,2-6H2,1H3. The molecule has 0 aromatic rings. The van der Waals surface area contributed by atoms with Gasteiger partial charge in [-0.25, -0.2) is 8.42 Å². The van der Waals surface area contributed by atoms with Gasteiger partial charge in [0.1, 0.15) is 0 Å². The van der Waals surface area contributed by atoms with E-state index in [1.165, 1.54) is 0 Å². The Hall–Kier alpha value is 0.200. The van der Waals surface area contributed by atoms with Crippen molar-refractivity contribution in [1.29, 1.82) is 0 Å². The zero-order chi connectivity index (χ0) is 10.1. The van der Waals surface area contributed by atoms with Crippen LogP contribution in [0.25, 0.3) is 0 Å². The van der Waals surface area contributed by atoms with E-state index in [4.69, 9.17) is 15.8 Å². The summed E-state index contributed by atoms with van der Waals surface area (Å²) < 4.78 is 21.5. The smallest absolute Gasteiger partial charge is 0.238 e. The first-order valence-electron chi connectivity index (χ1n) is 4.50. The first-order valence-corrected chi connectivity index (χ1v) is 6.81. The second-order valence-corrected chi connectivity index (χ2v) is 6.82. The number of rotatable bonds is 5. The molecule has 3 nitrogen and oxygen atoms in total. The molecule has 0 aromatic heterocycles. The van der Waals surface area contributed by atoms with Crippen LogP contribution in [0.4, 0.5) is 0 Å². The fourth-order valence-corrected chi connectivity index (χ4v) is 3.15. The number of halogens is 1. The Bertz CT molecular complexity index is 267. The van der Waals surface area contributed by atoms with E-state index in [0.717, 1.165) is 6.42 Å². The minimum Gasteiger partial charge on any atom is -0.393 e. The van der Waals surface area contributed by atoms with Gasteiger partial charge in [-0.3, -0.25) is 0 Å². The van der Waals surface area contributed by atoms with Gasteiger partial charge in [0.05, 0.1) is 10.9 Å². The van der Waals surface area contributed by atoms with Crippen LogP contribution in [0, 0.1) is 0 Å². The Labute approximate surface area is 83.5 Å². The molecular weight excluding hydrogens is 212 g/mol. The Balaban J connectivity index is 2.37. The lowest BCUT2D eigenvalue weighted by molar-refractivity contribution is 0.180. The molecule has 1 unspecified atom stereocenters. The molecule has 1 atom stereocenters. The maximum Gasteiger partial charge on any atom is 0.238 e. The van der Waals surface area contributed by atoms with Crippen LogP contribution in [0.5, 0.6) is 0 Å². The van der Waals surface area contributed by atoms with E-state index >= 15 is 0 Å². The van der Waals surface area contributed by atoms with E-state index in [1.807, 2.05) is 0 Å². The van der Waals surface area contributed by atoms with Gasteiger partial charge in [-0.15, -0.1) is 0 Å². The van der Waals surface area contributed by atoms with Gasteiger partial charge >= 0.3 is 0 Å². The molecule has 0 saturated heterocycles. The van der Waals surface area contributed by atoms with Crippen LogP contribution in [-0.2, 0) is 9.05 Å². The normalized spacial score (nSPS) is 22.7. The number of aliphatic hydroxyl groups is 1. The maximum atomic E-state index is 11.1. The van der Waals surface area contributed by atoms with Crippen LogP contribution < -0.4 is 0 Å². The molecule has 0 aromatic carbocycles. The summed E-state index contributed by atoms with van der Waals surface area (Å²) in [6.45, 7) is 1.70. The van der Waals surface area contributed by atoms with Crippen LogP contribution in [0.1, 0.15) is 39.0 Å². The molecule has 0 aliphatic heterocycles. The molecule has 1 fully saturated rings. The third kappa shape index (κ3) is 2.82. The van der Waals surface area contributed by atoms with Crippen molar-refractivity contribution in [2.24, 2.45) is 0 Å². The summed E-state index contributed by atoms with van der Waals surface area (Å²) in [7, 11) is 1.91. The molecule has 0 radical (unpaired) electrons. The van der Waals surface area contributed by atoms with Crippen molar-refractivity contribution >= 4 is 19.7 Å². The van der Waals surface area contributed by atoms with Crippen molar-refractivity contribution in [3.8, 4) is 0 Å². The lowest BCUT2D eigenvalue weighted by atomic mass is 10.1. The highest BCUT2D eigenvalue weighted by Gasteiger charge is 2.52. The molecule has 0 heterocycles. The topological polar surface area (TPSA) is 54.4 Å². The SMILES string of the molecule is CC(O)CCCC1(S(=O)(=O)Cl)CC1. The molecule has 1 N–H and O–H groups in total. The second kappa shape index (κ2) is 3.75. The molecule has 1 aliphatic rings. The summed E-state index contributed by atoms with van der Waals surface area (Å²) >= 11 is 0. The van der Waals surface area contributed by atoms with Crippen molar-refractivity contribution < 1.29 is 13.5 Å². The Morgan fingerprint density at radius 3 is 2.38 bits per heavy atom. The highest BCUT2D eigenvalue weighted by molar-refractivity contribution is 8.15. The van der Waals surface area contributed by atoms with Crippen molar-refractivity contribution in [2.45, 2.75) is 49.9 Å². The van der Waals surface area contributed by atoms with Gasteiger partial charge < -0.3 is 5.11 Å². The Kier molecular flexibility index (Phi) is 3.25. The predicted octanol–water partition coefficient (Wildman–Crippen LogP) is 1.64. The maximum absolute atomic E-state index is 11.1. The van der Waals surface area contributed by atoms with Gasteiger partial charge in [0.25, 0.3) is 0 Å². The quantitative estimate of drug-likeness (QED) is 0.726.